The fourth-order valence-corrected chi connectivity index (χ4v) is 3.68. The SMILES string of the molecule is COc1cc(C)ccc1NS(=O)(=O)c1cc([N+](=O)[O-])cc(C)c1C. The lowest BCUT2D eigenvalue weighted by Crippen LogP contribution is -2.16. The highest BCUT2D eigenvalue weighted by Gasteiger charge is 2.23. The summed E-state index contributed by atoms with van der Waals surface area (Å²) in [5, 5.41) is 11.0. The molecule has 0 saturated carbocycles. The highest BCUT2D eigenvalue weighted by molar-refractivity contribution is 7.92. The van der Waals surface area contributed by atoms with Crippen LogP contribution in [0.3, 0.4) is 0 Å². The summed E-state index contributed by atoms with van der Waals surface area (Å²) in [5.74, 6) is 0.374. The molecule has 0 fully saturated rings. The Morgan fingerprint density at radius 3 is 2.38 bits per heavy atom. The average molecular weight is 350 g/mol. The average Bonchev–Trinajstić information content (AvgIpc) is 2.50. The Kier molecular flexibility index (Phi) is 4.79. The molecule has 2 aromatic rings. The van der Waals surface area contributed by atoms with Crippen LogP contribution in [-0.4, -0.2) is 20.5 Å². The van der Waals surface area contributed by atoms with E-state index in [1.54, 1.807) is 32.0 Å². The molecule has 0 spiro atoms. The summed E-state index contributed by atoms with van der Waals surface area (Å²) in [6.07, 6.45) is 0. The van der Waals surface area contributed by atoms with Crippen LogP contribution in [0.25, 0.3) is 0 Å². The number of nitrogens with one attached hydrogen (secondary N) is 1. The molecule has 0 saturated heterocycles. The molecular weight excluding hydrogens is 332 g/mol. The predicted molar refractivity (Wildman–Crippen MR) is 91.1 cm³/mol. The Morgan fingerprint density at radius 1 is 1.12 bits per heavy atom. The minimum absolute atomic E-state index is 0.128. The maximum atomic E-state index is 12.7. The van der Waals surface area contributed by atoms with Gasteiger partial charge >= 0.3 is 0 Å². The number of benzene rings is 2. The minimum Gasteiger partial charge on any atom is -0.495 e. The molecule has 2 aromatic carbocycles. The van der Waals surface area contributed by atoms with Gasteiger partial charge in [-0.15, -0.1) is 0 Å². The zero-order valence-corrected chi connectivity index (χ0v) is 14.6. The molecule has 0 heterocycles. The quantitative estimate of drug-likeness (QED) is 0.659. The molecule has 0 radical (unpaired) electrons. The van der Waals surface area contributed by atoms with Gasteiger partial charge in [-0.05, 0) is 49.6 Å². The van der Waals surface area contributed by atoms with E-state index in [0.29, 0.717) is 16.9 Å². The number of rotatable bonds is 5. The van der Waals surface area contributed by atoms with E-state index >= 15 is 0 Å². The summed E-state index contributed by atoms with van der Waals surface area (Å²) >= 11 is 0. The van der Waals surface area contributed by atoms with E-state index in [1.807, 2.05) is 6.92 Å². The second-order valence-electron chi connectivity index (χ2n) is 5.45. The lowest BCUT2D eigenvalue weighted by atomic mass is 10.1. The van der Waals surface area contributed by atoms with Gasteiger partial charge in [0.15, 0.2) is 0 Å². The lowest BCUT2D eigenvalue weighted by molar-refractivity contribution is -0.385. The molecule has 0 aliphatic carbocycles. The van der Waals surface area contributed by atoms with Gasteiger partial charge in [-0.2, -0.15) is 0 Å². The van der Waals surface area contributed by atoms with E-state index in [1.165, 1.54) is 13.2 Å². The van der Waals surface area contributed by atoms with Gasteiger partial charge in [-0.1, -0.05) is 6.07 Å². The zero-order valence-electron chi connectivity index (χ0n) is 13.8. The van der Waals surface area contributed by atoms with Crippen molar-refractivity contribution in [3.8, 4) is 5.75 Å². The first-order valence-corrected chi connectivity index (χ1v) is 8.57. The van der Waals surface area contributed by atoms with Crippen LogP contribution in [0, 0.1) is 30.9 Å². The molecule has 2 rings (SSSR count). The molecule has 1 N–H and O–H groups in total. The van der Waals surface area contributed by atoms with E-state index < -0.39 is 14.9 Å². The van der Waals surface area contributed by atoms with Gasteiger partial charge in [-0.3, -0.25) is 14.8 Å². The second-order valence-corrected chi connectivity index (χ2v) is 7.10. The van der Waals surface area contributed by atoms with Crippen LogP contribution in [0.5, 0.6) is 5.75 Å². The van der Waals surface area contributed by atoms with E-state index in [9.17, 15) is 18.5 Å². The van der Waals surface area contributed by atoms with Crippen molar-refractivity contribution in [3.63, 3.8) is 0 Å². The maximum absolute atomic E-state index is 12.7. The summed E-state index contributed by atoms with van der Waals surface area (Å²) in [7, 11) is -2.56. The normalized spacial score (nSPS) is 11.2. The molecule has 0 unspecified atom stereocenters. The molecule has 0 aliphatic heterocycles. The monoisotopic (exact) mass is 350 g/mol. The Labute approximate surface area is 140 Å². The van der Waals surface area contributed by atoms with Gasteiger partial charge in [0.25, 0.3) is 15.7 Å². The molecule has 128 valence electrons. The van der Waals surface area contributed by atoms with Crippen molar-refractivity contribution < 1.29 is 18.1 Å². The number of methoxy groups -OCH3 is 1. The highest BCUT2D eigenvalue weighted by atomic mass is 32.2. The molecule has 8 heteroatoms. The summed E-state index contributed by atoms with van der Waals surface area (Å²) in [5.41, 5.74) is 1.90. The van der Waals surface area contributed by atoms with Gasteiger partial charge in [0.05, 0.1) is 22.6 Å². The Morgan fingerprint density at radius 2 is 1.79 bits per heavy atom. The predicted octanol–water partition coefficient (Wildman–Crippen LogP) is 3.33. The van der Waals surface area contributed by atoms with Crippen molar-refractivity contribution >= 4 is 21.4 Å². The van der Waals surface area contributed by atoms with Crippen LogP contribution in [0.4, 0.5) is 11.4 Å². The standard InChI is InChI=1S/C16H18N2O5S/c1-10-5-6-14(15(7-10)23-4)17-24(21,22)16-9-13(18(19)20)8-11(2)12(16)3/h5-9,17H,1-4H3. The fourth-order valence-electron chi connectivity index (χ4n) is 2.28. The number of hydrogen-bond acceptors (Lipinski definition) is 5. The number of sulfonamides is 1. The third-order valence-electron chi connectivity index (χ3n) is 3.71. The Bertz CT molecular complexity index is 907. The van der Waals surface area contributed by atoms with E-state index in [0.717, 1.165) is 11.6 Å². The number of anilines is 1. The van der Waals surface area contributed by atoms with Crippen molar-refractivity contribution in [1.29, 1.82) is 0 Å². The smallest absolute Gasteiger partial charge is 0.271 e. The Hall–Kier alpha value is -2.61. The van der Waals surface area contributed by atoms with Gasteiger partial charge in [0.2, 0.25) is 0 Å². The summed E-state index contributed by atoms with van der Waals surface area (Å²) in [6, 6.07) is 7.44. The molecule has 24 heavy (non-hydrogen) atoms. The number of nitro groups is 1. The number of ether oxygens (including phenoxy) is 1. The first kappa shape index (κ1) is 17.7. The van der Waals surface area contributed by atoms with Gasteiger partial charge in [-0.25, -0.2) is 8.42 Å². The number of nitrogens with zero attached hydrogens (tertiary/aromatic N) is 1. The van der Waals surface area contributed by atoms with Crippen molar-refractivity contribution in [1.82, 2.24) is 0 Å². The summed E-state index contributed by atoms with van der Waals surface area (Å²) in [6.45, 7) is 5.10. The highest BCUT2D eigenvalue weighted by Crippen LogP contribution is 2.31. The third-order valence-corrected chi connectivity index (χ3v) is 5.20. The zero-order chi connectivity index (χ0) is 18.1. The second kappa shape index (κ2) is 6.48. The molecule has 0 aliphatic rings. The Balaban J connectivity index is 2.54. The van der Waals surface area contributed by atoms with Crippen LogP contribution in [0.1, 0.15) is 16.7 Å². The van der Waals surface area contributed by atoms with Crippen molar-refractivity contribution in [2.24, 2.45) is 0 Å². The van der Waals surface area contributed by atoms with Crippen LogP contribution in [0.2, 0.25) is 0 Å². The summed E-state index contributed by atoms with van der Waals surface area (Å²) in [4.78, 5) is 10.3. The van der Waals surface area contributed by atoms with Crippen molar-refractivity contribution in [3.05, 3.63) is 57.1 Å². The number of aryl methyl sites for hydroxylation is 2. The third kappa shape index (κ3) is 3.48. The van der Waals surface area contributed by atoms with Crippen LogP contribution < -0.4 is 9.46 Å². The lowest BCUT2D eigenvalue weighted by Gasteiger charge is -2.14. The van der Waals surface area contributed by atoms with E-state index in [2.05, 4.69) is 4.72 Å². The number of non-ortho nitro benzene ring substituents is 1. The topological polar surface area (TPSA) is 98.5 Å². The molecular formula is C16H18N2O5S. The first-order chi connectivity index (χ1) is 11.2. The van der Waals surface area contributed by atoms with Crippen molar-refractivity contribution in [2.75, 3.05) is 11.8 Å². The largest absolute Gasteiger partial charge is 0.495 e. The molecule has 0 amide bonds. The summed E-state index contributed by atoms with van der Waals surface area (Å²) < 4.78 is 33.1. The van der Waals surface area contributed by atoms with Crippen LogP contribution in [-0.2, 0) is 10.0 Å². The van der Waals surface area contributed by atoms with E-state index in [-0.39, 0.29) is 16.3 Å². The van der Waals surface area contributed by atoms with Crippen molar-refractivity contribution in [2.45, 2.75) is 25.7 Å². The fraction of sp³-hybridized carbons (Fsp3) is 0.250. The molecule has 0 bridgehead atoms. The maximum Gasteiger partial charge on any atom is 0.271 e. The van der Waals surface area contributed by atoms with Crippen LogP contribution >= 0.6 is 0 Å². The van der Waals surface area contributed by atoms with Gasteiger partial charge in [0.1, 0.15) is 5.75 Å². The van der Waals surface area contributed by atoms with E-state index in [4.69, 9.17) is 4.74 Å². The first-order valence-electron chi connectivity index (χ1n) is 7.09. The number of nitro benzene ring substituents is 1. The molecule has 7 nitrogen and oxygen atoms in total. The van der Waals surface area contributed by atoms with Gasteiger partial charge < -0.3 is 4.74 Å². The molecule has 0 atom stereocenters. The number of hydrogen-bond donors (Lipinski definition) is 1. The minimum atomic E-state index is -4.00. The van der Waals surface area contributed by atoms with Gasteiger partial charge in [0, 0.05) is 12.1 Å². The molecule has 0 aromatic heterocycles. The van der Waals surface area contributed by atoms with Crippen LogP contribution in [0.15, 0.2) is 35.2 Å².